The standard InChI is InChI=1S/C18H29N3O4/c1-11(2)10-14(18(23)24)20-17(22)13-6-5-9-25-16(13)15-7-8-19-21(15)12(3)4/h7-8,11-14,16H,5-6,9-10H2,1-4H3,(H,20,22)(H,23,24)/t13-,14-,16-/m1/s1. The lowest BCUT2D eigenvalue weighted by Gasteiger charge is -2.32. The van der Waals surface area contributed by atoms with Crippen molar-refractivity contribution in [2.75, 3.05) is 6.61 Å². The zero-order valence-corrected chi connectivity index (χ0v) is 15.4. The molecule has 0 bridgehead atoms. The van der Waals surface area contributed by atoms with Gasteiger partial charge in [-0.15, -0.1) is 0 Å². The van der Waals surface area contributed by atoms with E-state index in [1.165, 1.54) is 0 Å². The summed E-state index contributed by atoms with van der Waals surface area (Å²) in [5, 5.41) is 16.4. The van der Waals surface area contributed by atoms with Crippen molar-refractivity contribution in [3.8, 4) is 0 Å². The van der Waals surface area contributed by atoms with Crippen LogP contribution in [0, 0.1) is 11.8 Å². The van der Waals surface area contributed by atoms with Gasteiger partial charge < -0.3 is 15.2 Å². The van der Waals surface area contributed by atoms with Crippen molar-refractivity contribution in [2.24, 2.45) is 11.8 Å². The monoisotopic (exact) mass is 351 g/mol. The molecule has 1 aliphatic rings. The molecule has 7 heteroatoms. The molecule has 140 valence electrons. The van der Waals surface area contributed by atoms with Gasteiger partial charge in [0.2, 0.25) is 5.91 Å². The fraction of sp³-hybridized carbons (Fsp3) is 0.722. The number of nitrogens with one attached hydrogen (secondary N) is 1. The largest absolute Gasteiger partial charge is 0.480 e. The first kappa shape index (κ1) is 19.4. The first-order valence-corrected chi connectivity index (χ1v) is 8.99. The third kappa shape index (κ3) is 4.81. The predicted molar refractivity (Wildman–Crippen MR) is 93.1 cm³/mol. The molecular weight excluding hydrogens is 322 g/mol. The lowest BCUT2D eigenvalue weighted by molar-refractivity contribution is -0.145. The fourth-order valence-corrected chi connectivity index (χ4v) is 3.29. The Hall–Kier alpha value is -1.89. The van der Waals surface area contributed by atoms with Crippen molar-refractivity contribution in [2.45, 2.75) is 65.1 Å². The van der Waals surface area contributed by atoms with Crippen molar-refractivity contribution in [1.82, 2.24) is 15.1 Å². The number of carboxylic acid groups (broad SMARTS) is 1. The summed E-state index contributed by atoms with van der Waals surface area (Å²) in [7, 11) is 0. The van der Waals surface area contributed by atoms with E-state index in [1.807, 2.05) is 38.4 Å². The Morgan fingerprint density at radius 2 is 2.12 bits per heavy atom. The van der Waals surface area contributed by atoms with Gasteiger partial charge in [-0.25, -0.2) is 4.79 Å². The van der Waals surface area contributed by atoms with Crippen molar-refractivity contribution < 1.29 is 19.4 Å². The number of nitrogens with zero attached hydrogens (tertiary/aromatic N) is 2. The lowest BCUT2D eigenvalue weighted by atomic mass is 9.90. The third-order valence-corrected chi connectivity index (χ3v) is 4.46. The normalized spacial score (nSPS) is 22.2. The summed E-state index contributed by atoms with van der Waals surface area (Å²) in [5.74, 6) is -1.48. The number of carboxylic acids is 1. The Bertz CT molecular complexity index is 597. The van der Waals surface area contributed by atoms with Gasteiger partial charge in [-0.05, 0) is 45.1 Å². The molecule has 1 amide bonds. The highest BCUT2D eigenvalue weighted by Gasteiger charge is 2.37. The number of aromatic nitrogens is 2. The molecule has 0 aromatic carbocycles. The van der Waals surface area contributed by atoms with Crippen LogP contribution in [0.3, 0.4) is 0 Å². The quantitative estimate of drug-likeness (QED) is 0.787. The van der Waals surface area contributed by atoms with Crippen LogP contribution in [0.1, 0.15) is 64.8 Å². The number of carbonyl (C=O) groups excluding carboxylic acids is 1. The average molecular weight is 351 g/mol. The Morgan fingerprint density at radius 1 is 1.40 bits per heavy atom. The smallest absolute Gasteiger partial charge is 0.326 e. The predicted octanol–water partition coefficient (Wildman–Crippen LogP) is 2.55. The van der Waals surface area contributed by atoms with E-state index < -0.39 is 24.0 Å². The number of aliphatic carboxylic acids is 1. The fourth-order valence-electron chi connectivity index (χ4n) is 3.29. The molecule has 0 aliphatic carbocycles. The zero-order chi connectivity index (χ0) is 18.6. The Kier molecular flexibility index (Phi) is 6.58. The van der Waals surface area contributed by atoms with Gasteiger partial charge in [-0.1, -0.05) is 13.8 Å². The van der Waals surface area contributed by atoms with E-state index in [0.717, 1.165) is 12.1 Å². The Balaban J connectivity index is 2.17. The second kappa shape index (κ2) is 8.47. The number of hydrogen-bond donors (Lipinski definition) is 2. The minimum atomic E-state index is -0.998. The average Bonchev–Trinajstić information content (AvgIpc) is 3.03. The van der Waals surface area contributed by atoms with E-state index in [-0.39, 0.29) is 17.9 Å². The van der Waals surface area contributed by atoms with E-state index in [4.69, 9.17) is 4.74 Å². The molecule has 2 rings (SSSR count). The molecule has 3 atom stereocenters. The highest BCUT2D eigenvalue weighted by molar-refractivity contribution is 5.85. The number of ether oxygens (including phenoxy) is 1. The summed E-state index contributed by atoms with van der Waals surface area (Å²) in [6.45, 7) is 8.52. The zero-order valence-electron chi connectivity index (χ0n) is 15.4. The third-order valence-electron chi connectivity index (χ3n) is 4.46. The minimum absolute atomic E-state index is 0.159. The van der Waals surface area contributed by atoms with Crippen LogP contribution in [-0.2, 0) is 14.3 Å². The SMILES string of the molecule is CC(C)C[C@@H](NC(=O)[C@@H]1CCCO[C@H]1c1ccnn1C(C)C)C(=O)O. The van der Waals surface area contributed by atoms with Crippen LogP contribution in [0.25, 0.3) is 0 Å². The second-order valence-electron chi connectivity index (χ2n) is 7.36. The van der Waals surface area contributed by atoms with Crippen LogP contribution in [0.15, 0.2) is 12.3 Å². The van der Waals surface area contributed by atoms with Crippen molar-refractivity contribution in [3.63, 3.8) is 0 Å². The molecule has 7 nitrogen and oxygen atoms in total. The van der Waals surface area contributed by atoms with E-state index in [9.17, 15) is 14.7 Å². The maximum atomic E-state index is 12.8. The van der Waals surface area contributed by atoms with Gasteiger partial charge in [0.15, 0.2) is 0 Å². The van der Waals surface area contributed by atoms with Gasteiger partial charge >= 0.3 is 5.97 Å². The first-order chi connectivity index (χ1) is 11.8. The van der Waals surface area contributed by atoms with Gasteiger partial charge in [0.25, 0.3) is 0 Å². The molecule has 1 aromatic heterocycles. The molecule has 2 heterocycles. The van der Waals surface area contributed by atoms with Crippen LogP contribution in [0.4, 0.5) is 0 Å². The van der Waals surface area contributed by atoms with Crippen LogP contribution in [0.2, 0.25) is 0 Å². The minimum Gasteiger partial charge on any atom is -0.480 e. The van der Waals surface area contributed by atoms with Gasteiger partial charge in [-0.2, -0.15) is 5.10 Å². The molecule has 2 N–H and O–H groups in total. The van der Waals surface area contributed by atoms with Crippen molar-refractivity contribution >= 4 is 11.9 Å². The van der Waals surface area contributed by atoms with Gasteiger partial charge in [0.1, 0.15) is 12.1 Å². The summed E-state index contributed by atoms with van der Waals surface area (Å²) in [4.78, 5) is 24.2. The Morgan fingerprint density at radius 3 is 2.72 bits per heavy atom. The topological polar surface area (TPSA) is 93.5 Å². The van der Waals surface area contributed by atoms with E-state index in [1.54, 1.807) is 6.20 Å². The van der Waals surface area contributed by atoms with E-state index in [0.29, 0.717) is 19.4 Å². The number of amides is 1. The van der Waals surface area contributed by atoms with Crippen molar-refractivity contribution in [3.05, 3.63) is 18.0 Å². The molecule has 0 unspecified atom stereocenters. The second-order valence-corrected chi connectivity index (χ2v) is 7.36. The molecule has 1 fully saturated rings. The van der Waals surface area contributed by atoms with Gasteiger partial charge in [0.05, 0.1) is 11.6 Å². The summed E-state index contributed by atoms with van der Waals surface area (Å²) in [5.41, 5.74) is 0.866. The van der Waals surface area contributed by atoms with Crippen LogP contribution in [0.5, 0.6) is 0 Å². The molecule has 1 saturated heterocycles. The molecule has 0 spiro atoms. The molecule has 25 heavy (non-hydrogen) atoms. The molecule has 0 radical (unpaired) electrons. The molecule has 1 aliphatic heterocycles. The highest BCUT2D eigenvalue weighted by Crippen LogP contribution is 2.34. The van der Waals surface area contributed by atoms with Crippen LogP contribution in [-0.4, -0.2) is 39.4 Å². The first-order valence-electron chi connectivity index (χ1n) is 8.99. The van der Waals surface area contributed by atoms with E-state index >= 15 is 0 Å². The van der Waals surface area contributed by atoms with Gasteiger partial charge in [-0.3, -0.25) is 9.48 Å². The summed E-state index contributed by atoms with van der Waals surface area (Å²) in [6, 6.07) is 1.16. The Labute approximate surface area is 148 Å². The van der Waals surface area contributed by atoms with Crippen LogP contribution >= 0.6 is 0 Å². The summed E-state index contributed by atoms with van der Waals surface area (Å²) >= 11 is 0. The maximum absolute atomic E-state index is 12.8. The van der Waals surface area contributed by atoms with Gasteiger partial charge in [0, 0.05) is 18.8 Å². The highest BCUT2D eigenvalue weighted by atomic mass is 16.5. The maximum Gasteiger partial charge on any atom is 0.326 e. The van der Waals surface area contributed by atoms with E-state index in [2.05, 4.69) is 10.4 Å². The molecule has 0 saturated carbocycles. The number of carbonyl (C=O) groups is 2. The molecule has 1 aromatic rings. The summed E-state index contributed by atoms with van der Waals surface area (Å²) in [6.07, 6.45) is 3.18. The number of rotatable bonds is 7. The van der Waals surface area contributed by atoms with Crippen molar-refractivity contribution in [1.29, 1.82) is 0 Å². The van der Waals surface area contributed by atoms with Crippen LogP contribution < -0.4 is 5.32 Å². The molecular formula is C18H29N3O4. The number of hydrogen-bond acceptors (Lipinski definition) is 4. The lowest BCUT2D eigenvalue weighted by Crippen LogP contribution is -2.46. The summed E-state index contributed by atoms with van der Waals surface area (Å²) < 4.78 is 7.76.